The van der Waals surface area contributed by atoms with E-state index in [0.717, 1.165) is 27.0 Å². The Labute approximate surface area is 137 Å². The first kappa shape index (κ1) is 14.7. The molecule has 1 heterocycles. The molecule has 0 radical (unpaired) electrons. The molecule has 0 saturated heterocycles. The van der Waals surface area contributed by atoms with Gasteiger partial charge in [0, 0.05) is 21.8 Å². The van der Waals surface area contributed by atoms with Crippen LogP contribution in [0, 0.1) is 0 Å². The van der Waals surface area contributed by atoms with Gasteiger partial charge in [-0.3, -0.25) is 0 Å². The normalized spacial score (nSPS) is 10.6. The second kappa shape index (κ2) is 6.23. The van der Waals surface area contributed by atoms with E-state index in [1.54, 1.807) is 7.11 Å². The summed E-state index contributed by atoms with van der Waals surface area (Å²) in [7, 11) is 1.67. The van der Waals surface area contributed by atoms with Crippen LogP contribution in [0.3, 0.4) is 0 Å². The molecule has 0 aliphatic rings. The summed E-state index contributed by atoms with van der Waals surface area (Å²) in [5.74, 6) is 1.34. The van der Waals surface area contributed by atoms with E-state index >= 15 is 0 Å². The number of anilines is 1. The molecule has 0 unspecified atom stereocenters. The predicted molar refractivity (Wildman–Crippen MR) is 91.9 cm³/mol. The van der Waals surface area contributed by atoms with E-state index < -0.39 is 0 Å². The molecule has 112 valence electrons. The minimum absolute atomic E-state index is 0.490. The lowest BCUT2D eigenvalue weighted by atomic mass is 10.2. The number of hydrogen-bond donors (Lipinski definition) is 1. The number of methoxy groups -OCH3 is 1. The molecule has 0 bridgehead atoms. The smallest absolute Gasteiger partial charge is 0.201 e. The molecule has 0 amide bonds. The van der Waals surface area contributed by atoms with Gasteiger partial charge in [-0.25, -0.2) is 4.98 Å². The molecule has 0 atom stereocenters. The van der Waals surface area contributed by atoms with Gasteiger partial charge in [0.1, 0.15) is 5.75 Å². The van der Waals surface area contributed by atoms with Crippen molar-refractivity contribution in [3.63, 3.8) is 0 Å². The summed E-state index contributed by atoms with van der Waals surface area (Å²) in [6.45, 7) is 0.624. The van der Waals surface area contributed by atoms with E-state index in [2.05, 4.69) is 20.9 Å². The summed E-state index contributed by atoms with van der Waals surface area (Å²) in [6.07, 6.45) is 1.96. The van der Waals surface area contributed by atoms with Crippen LogP contribution < -0.4 is 10.5 Å². The maximum Gasteiger partial charge on any atom is 0.201 e. The monoisotopic (exact) mass is 357 g/mol. The van der Waals surface area contributed by atoms with Crippen molar-refractivity contribution in [3.8, 4) is 17.0 Å². The van der Waals surface area contributed by atoms with Crippen LogP contribution in [-0.2, 0) is 6.54 Å². The quantitative estimate of drug-likeness (QED) is 0.768. The number of nitrogens with two attached hydrogens (primary N) is 1. The van der Waals surface area contributed by atoms with Crippen LogP contribution in [0.5, 0.6) is 5.75 Å². The van der Waals surface area contributed by atoms with Crippen LogP contribution >= 0.6 is 15.9 Å². The number of para-hydroxylation sites is 1. The highest BCUT2D eigenvalue weighted by atomic mass is 79.9. The van der Waals surface area contributed by atoms with Crippen molar-refractivity contribution in [1.29, 1.82) is 0 Å². The van der Waals surface area contributed by atoms with Gasteiger partial charge >= 0.3 is 0 Å². The topological polar surface area (TPSA) is 53.1 Å². The average molecular weight is 358 g/mol. The van der Waals surface area contributed by atoms with E-state index in [9.17, 15) is 0 Å². The summed E-state index contributed by atoms with van der Waals surface area (Å²) in [6, 6.07) is 15.9. The molecule has 22 heavy (non-hydrogen) atoms. The molecule has 2 N–H and O–H groups in total. The zero-order valence-electron chi connectivity index (χ0n) is 12.2. The molecule has 0 saturated carbocycles. The first-order valence-electron chi connectivity index (χ1n) is 6.88. The van der Waals surface area contributed by atoms with Gasteiger partial charge in [0.05, 0.1) is 19.3 Å². The standard InChI is InChI=1S/C17H16BrN3O/c1-22-16-5-3-2-4-13(16)10-21-11-15(20-17(21)19)12-6-8-14(18)9-7-12/h2-9,11H,10H2,1H3,(H2,19,20). The third-order valence-electron chi connectivity index (χ3n) is 3.48. The van der Waals surface area contributed by atoms with Gasteiger partial charge in [0.15, 0.2) is 0 Å². The fourth-order valence-corrected chi connectivity index (χ4v) is 2.60. The zero-order valence-corrected chi connectivity index (χ0v) is 13.7. The van der Waals surface area contributed by atoms with Crippen LogP contribution in [0.15, 0.2) is 59.2 Å². The van der Waals surface area contributed by atoms with Gasteiger partial charge in [-0.05, 0) is 18.2 Å². The van der Waals surface area contributed by atoms with Crippen molar-refractivity contribution in [3.05, 3.63) is 64.8 Å². The number of ether oxygens (including phenoxy) is 1. The highest BCUT2D eigenvalue weighted by Gasteiger charge is 2.09. The van der Waals surface area contributed by atoms with E-state index in [0.29, 0.717) is 12.5 Å². The Morgan fingerprint density at radius 1 is 1.14 bits per heavy atom. The number of nitrogens with zero attached hydrogens (tertiary/aromatic N) is 2. The Morgan fingerprint density at radius 3 is 2.59 bits per heavy atom. The van der Waals surface area contributed by atoms with E-state index in [1.807, 2.05) is 59.3 Å². The number of imidazole rings is 1. The molecule has 0 aliphatic carbocycles. The largest absolute Gasteiger partial charge is 0.496 e. The van der Waals surface area contributed by atoms with Crippen molar-refractivity contribution >= 4 is 21.9 Å². The lowest BCUT2D eigenvalue weighted by Crippen LogP contribution is -2.04. The lowest BCUT2D eigenvalue weighted by molar-refractivity contribution is 0.408. The van der Waals surface area contributed by atoms with Gasteiger partial charge in [-0.1, -0.05) is 46.3 Å². The number of halogens is 1. The van der Waals surface area contributed by atoms with Crippen LogP contribution in [0.1, 0.15) is 5.56 Å². The minimum atomic E-state index is 0.490. The summed E-state index contributed by atoms with van der Waals surface area (Å²) < 4.78 is 8.35. The average Bonchev–Trinajstić information content (AvgIpc) is 2.89. The third-order valence-corrected chi connectivity index (χ3v) is 4.01. The summed E-state index contributed by atoms with van der Waals surface area (Å²) >= 11 is 3.43. The first-order valence-corrected chi connectivity index (χ1v) is 7.67. The molecule has 3 aromatic rings. The van der Waals surface area contributed by atoms with Gasteiger partial charge in [0.25, 0.3) is 0 Å². The van der Waals surface area contributed by atoms with Gasteiger partial charge in [0.2, 0.25) is 5.95 Å². The van der Waals surface area contributed by atoms with E-state index in [-0.39, 0.29) is 0 Å². The van der Waals surface area contributed by atoms with Gasteiger partial charge in [-0.2, -0.15) is 0 Å². The third kappa shape index (κ3) is 2.99. The van der Waals surface area contributed by atoms with Crippen LogP contribution in [0.25, 0.3) is 11.3 Å². The second-order valence-corrected chi connectivity index (χ2v) is 5.85. The highest BCUT2D eigenvalue weighted by Crippen LogP contribution is 2.24. The van der Waals surface area contributed by atoms with Crippen molar-refractivity contribution in [2.75, 3.05) is 12.8 Å². The van der Waals surface area contributed by atoms with E-state index in [1.165, 1.54) is 0 Å². The maximum absolute atomic E-state index is 6.05. The van der Waals surface area contributed by atoms with Gasteiger partial charge < -0.3 is 15.0 Å². The second-order valence-electron chi connectivity index (χ2n) is 4.93. The summed E-state index contributed by atoms with van der Waals surface area (Å²) in [4.78, 5) is 4.45. The van der Waals surface area contributed by atoms with E-state index in [4.69, 9.17) is 10.5 Å². The molecule has 5 heteroatoms. The lowest BCUT2D eigenvalue weighted by Gasteiger charge is -2.09. The fraction of sp³-hybridized carbons (Fsp3) is 0.118. The van der Waals surface area contributed by atoms with Crippen molar-refractivity contribution in [1.82, 2.24) is 9.55 Å². The molecule has 0 fully saturated rings. The van der Waals surface area contributed by atoms with Crippen molar-refractivity contribution in [2.45, 2.75) is 6.54 Å². The van der Waals surface area contributed by atoms with Gasteiger partial charge in [-0.15, -0.1) is 0 Å². The van der Waals surface area contributed by atoms with Crippen LogP contribution in [0.2, 0.25) is 0 Å². The predicted octanol–water partition coefficient (Wildman–Crippen LogP) is 3.95. The zero-order chi connectivity index (χ0) is 15.5. The Balaban J connectivity index is 1.91. The molecule has 0 spiro atoms. The first-order chi connectivity index (χ1) is 10.7. The SMILES string of the molecule is COc1ccccc1Cn1cc(-c2ccc(Br)cc2)nc1N. The van der Waals surface area contributed by atoms with Crippen LogP contribution in [0.4, 0.5) is 5.95 Å². The highest BCUT2D eigenvalue weighted by molar-refractivity contribution is 9.10. The number of aromatic nitrogens is 2. The van der Waals surface area contributed by atoms with Crippen molar-refractivity contribution < 1.29 is 4.74 Å². The van der Waals surface area contributed by atoms with Crippen molar-refractivity contribution in [2.24, 2.45) is 0 Å². The molecule has 0 aliphatic heterocycles. The molecular weight excluding hydrogens is 342 g/mol. The fourth-order valence-electron chi connectivity index (χ4n) is 2.33. The number of benzene rings is 2. The summed E-state index contributed by atoms with van der Waals surface area (Å²) in [5.41, 5.74) is 9.01. The molecule has 2 aromatic carbocycles. The Morgan fingerprint density at radius 2 is 1.86 bits per heavy atom. The Kier molecular flexibility index (Phi) is 4.15. The maximum atomic E-state index is 6.05. The molecule has 4 nitrogen and oxygen atoms in total. The molecule has 3 rings (SSSR count). The molecular formula is C17H16BrN3O. The molecule has 1 aromatic heterocycles. The summed E-state index contributed by atoms with van der Waals surface area (Å²) in [5, 5.41) is 0. The Bertz CT molecular complexity index is 781. The Hall–Kier alpha value is -2.27. The number of hydrogen-bond acceptors (Lipinski definition) is 3. The van der Waals surface area contributed by atoms with Crippen LogP contribution in [-0.4, -0.2) is 16.7 Å². The number of nitrogen functional groups attached to an aromatic ring is 1. The minimum Gasteiger partial charge on any atom is -0.496 e. The number of rotatable bonds is 4.